The molecule has 2 N–H and O–H groups in total. The number of para-hydroxylation sites is 2. The first kappa shape index (κ1) is 28.2. The summed E-state index contributed by atoms with van der Waals surface area (Å²) in [4.78, 5) is 20.7. The molecule has 2 aromatic rings. The van der Waals surface area contributed by atoms with E-state index in [9.17, 15) is 28.1 Å². The average Bonchev–Trinajstić information content (AvgIpc) is 2.78. The number of rotatable bonds is 14. The number of hydrogen-bond donors (Lipinski definition) is 2. The smallest absolute Gasteiger partial charge is 0.423 e. The number of carboxylic acid groups (broad SMARTS) is 1. The van der Waals surface area contributed by atoms with Crippen molar-refractivity contribution in [2.45, 2.75) is 70.5 Å². The average molecular weight is 517 g/mol. The molecule has 11 heteroatoms. The summed E-state index contributed by atoms with van der Waals surface area (Å²) in [5, 5.41) is 22.6. The number of nitrogens with zero attached hydrogens (tertiary/aromatic N) is 1. The van der Waals surface area contributed by atoms with Gasteiger partial charge in [-0.05, 0) is 43.5 Å². The number of alkyl halides is 3. The third kappa shape index (κ3) is 8.61. The highest BCUT2D eigenvalue weighted by molar-refractivity contribution is 6.34. The molecule has 1 atom stereocenters. The number of nitro benzene ring substituents is 1. The highest BCUT2D eigenvalue weighted by atomic mass is 35.5. The molecule has 0 bridgehead atoms. The van der Waals surface area contributed by atoms with E-state index in [1.807, 2.05) is 6.92 Å². The molecule has 0 saturated heterocycles. The van der Waals surface area contributed by atoms with Crippen molar-refractivity contribution in [2.24, 2.45) is 0 Å². The van der Waals surface area contributed by atoms with Gasteiger partial charge in [0.1, 0.15) is 5.56 Å². The van der Waals surface area contributed by atoms with Crippen LogP contribution in [0.5, 0.6) is 11.5 Å². The number of benzene rings is 2. The number of nitrogens with one attached hydrogen (secondary N) is 1. The number of carboxylic acids is 1. The van der Waals surface area contributed by atoms with Crippen LogP contribution in [-0.4, -0.2) is 22.0 Å². The SMILES string of the molecule is CCC(CCCCCCCC(=O)O)Nc1ccccc1Oc1ccc(C(F)(F)F)c([N+](=O)[O-])c1Cl. The summed E-state index contributed by atoms with van der Waals surface area (Å²) in [6.45, 7) is 2.02. The molecule has 35 heavy (non-hydrogen) atoms. The van der Waals surface area contributed by atoms with Crippen LogP contribution < -0.4 is 10.1 Å². The van der Waals surface area contributed by atoms with Crippen LogP contribution in [0.25, 0.3) is 0 Å². The maximum atomic E-state index is 13.2. The number of halogens is 4. The van der Waals surface area contributed by atoms with Gasteiger partial charge in [-0.2, -0.15) is 13.2 Å². The minimum atomic E-state index is -4.94. The van der Waals surface area contributed by atoms with Crippen LogP contribution in [0.1, 0.15) is 63.9 Å². The monoisotopic (exact) mass is 516 g/mol. The number of nitro groups is 1. The van der Waals surface area contributed by atoms with Crippen molar-refractivity contribution in [3.8, 4) is 11.5 Å². The summed E-state index contributed by atoms with van der Waals surface area (Å²) in [6.07, 6.45) is 1.31. The number of unbranched alkanes of at least 4 members (excludes halogenated alkanes) is 4. The Morgan fingerprint density at radius 3 is 2.40 bits per heavy atom. The Balaban J connectivity index is 2.08. The van der Waals surface area contributed by atoms with E-state index < -0.39 is 33.3 Å². The van der Waals surface area contributed by atoms with Gasteiger partial charge in [-0.15, -0.1) is 0 Å². The normalized spacial score (nSPS) is 12.3. The van der Waals surface area contributed by atoms with Gasteiger partial charge in [-0.1, -0.05) is 56.3 Å². The lowest BCUT2D eigenvalue weighted by atomic mass is 10.0. The third-order valence-corrected chi connectivity index (χ3v) is 5.84. The molecule has 0 saturated carbocycles. The van der Waals surface area contributed by atoms with Gasteiger partial charge in [0.2, 0.25) is 0 Å². The fourth-order valence-corrected chi connectivity index (χ4v) is 3.89. The molecule has 0 aliphatic rings. The zero-order chi connectivity index (χ0) is 26.0. The Morgan fingerprint density at radius 1 is 1.11 bits per heavy atom. The zero-order valence-electron chi connectivity index (χ0n) is 19.2. The number of anilines is 1. The van der Waals surface area contributed by atoms with Crippen LogP contribution in [0.2, 0.25) is 5.02 Å². The molecule has 2 aromatic carbocycles. The zero-order valence-corrected chi connectivity index (χ0v) is 20.0. The van der Waals surface area contributed by atoms with Crippen LogP contribution in [0, 0.1) is 10.1 Å². The van der Waals surface area contributed by atoms with Crippen LogP contribution in [-0.2, 0) is 11.0 Å². The van der Waals surface area contributed by atoms with Crippen molar-refractivity contribution < 1.29 is 32.7 Å². The Hall–Kier alpha value is -3.01. The first-order valence-electron chi connectivity index (χ1n) is 11.3. The molecule has 0 radical (unpaired) electrons. The molecule has 0 heterocycles. The van der Waals surface area contributed by atoms with E-state index in [0.29, 0.717) is 18.2 Å². The maximum absolute atomic E-state index is 13.2. The van der Waals surface area contributed by atoms with Gasteiger partial charge in [0, 0.05) is 12.5 Å². The lowest BCUT2D eigenvalue weighted by Crippen LogP contribution is -2.18. The van der Waals surface area contributed by atoms with Crippen molar-refractivity contribution in [1.29, 1.82) is 0 Å². The maximum Gasteiger partial charge on any atom is 0.423 e. The highest BCUT2D eigenvalue weighted by Crippen LogP contribution is 2.45. The molecule has 0 aliphatic carbocycles. The fraction of sp³-hybridized carbons (Fsp3) is 0.458. The van der Waals surface area contributed by atoms with Crippen molar-refractivity contribution in [3.63, 3.8) is 0 Å². The molecule has 2 rings (SSSR count). The van der Waals surface area contributed by atoms with Gasteiger partial charge in [-0.3, -0.25) is 14.9 Å². The molecule has 0 aliphatic heterocycles. The quantitative estimate of drug-likeness (QED) is 0.149. The summed E-state index contributed by atoms with van der Waals surface area (Å²) in [7, 11) is 0. The number of hydrogen-bond acceptors (Lipinski definition) is 5. The van der Waals surface area contributed by atoms with Gasteiger partial charge in [0.15, 0.2) is 16.5 Å². The third-order valence-electron chi connectivity index (χ3n) is 5.47. The van der Waals surface area contributed by atoms with Crippen molar-refractivity contribution in [2.75, 3.05) is 5.32 Å². The standard InChI is InChI=1S/C24H28ClF3N2O5/c1-2-16(10-6-4-3-5-7-13-21(31)32)29-18-11-8-9-12-19(18)35-20-15-14-17(24(26,27)28)23(22(20)25)30(33)34/h8-9,11-12,14-16,29H,2-7,10,13H2,1H3,(H,31,32). The topological polar surface area (TPSA) is 102 Å². The number of ether oxygens (including phenoxy) is 1. The Labute approximate surface area is 206 Å². The molecule has 7 nitrogen and oxygen atoms in total. The predicted molar refractivity (Wildman–Crippen MR) is 127 cm³/mol. The van der Waals surface area contributed by atoms with Gasteiger partial charge >= 0.3 is 17.8 Å². The summed E-state index contributed by atoms with van der Waals surface area (Å²) < 4.78 is 45.2. The summed E-state index contributed by atoms with van der Waals surface area (Å²) in [5.74, 6) is -0.765. The Kier molecular flexibility index (Phi) is 10.6. The first-order valence-corrected chi connectivity index (χ1v) is 11.7. The number of carbonyl (C=O) groups is 1. The second kappa shape index (κ2) is 13.2. The van der Waals surface area contributed by atoms with Crippen LogP contribution in [0.4, 0.5) is 24.5 Å². The Morgan fingerprint density at radius 2 is 1.77 bits per heavy atom. The molecule has 1 unspecified atom stereocenters. The van der Waals surface area contributed by atoms with E-state index in [1.165, 1.54) is 0 Å². The van der Waals surface area contributed by atoms with Crippen LogP contribution in [0.3, 0.4) is 0 Å². The fourth-order valence-electron chi connectivity index (χ4n) is 3.62. The first-order chi connectivity index (χ1) is 16.5. The number of aliphatic carboxylic acids is 1. The highest BCUT2D eigenvalue weighted by Gasteiger charge is 2.40. The largest absolute Gasteiger partial charge is 0.481 e. The van der Waals surface area contributed by atoms with Crippen LogP contribution in [0.15, 0.2) is 36.4 Å². The molecule has 0 aromatic heterocycles. The molecular formula is C24H28ClF3N2O5. The van der Waals surface area contributed by atoms with E-state index in [0.717, 1.165) is 44.6 Å². The molecule has 0 spiro atoms. The van der Waals surface area contributed by atoms with E-state index >= 15 is 0 Å². The Bertz CT molecular complexity index is 1020. The summed E-state index contributed by atoms with van der Waals surface area (Å²) in [6, 6.07) is 8.42. The van der Waals surface area contributed by atoms with Crippen molar-refractivity contribution >= 4 is 28.9 Å². The van der Waals surface area contributed by atoms with E-state index in [-0.39, 0.29) is 24.0 Å². The van der Waals surface area contributed by atoms with Gasteiger partial charge in [-0.25, -0.2) is 0 Å². The second-order valence-corrected chi connectivity index (χ2v) is 8.45. The lowest BCUT2D eigenvalue weighted by molar-refractivity contribution is -0.388. The molecule has 0 amide bonds. The molecule has 192 valence electrons. The summed E-state index contributed by atoms with van der Waals surface area (Å²) in [5.41, 5.74) is -2.11. The predicted octanol–water partition coefficient (Wildman–Crippen LogP) is 8.07. The second-order valence-electron chi connectivity index (χ2n) is 8.08. The minimum Gasteiger partial charge on any atom is -0.481 e. The van der Waals surface area contributed by atoms with E-state index in [1.54, 1.807) is 24.3 Å². The summed E-state index contributed by atoms with van der Waals surface area (Å²) >= 11 is 5.97. The van der Waals surface area contributed by atoms with Gasteiger partial charge < -0.3 is 15.2 Å². The van der Waals surface area contributed by atoms with E-state index in [2.05, 4.69) is 5.32 Å². The van der Waals surface area contributed by atoms with E-state index in [4.69, 9.17) is 21.4 Å². The van der Waals surface area contributed by atoms with Gasteiger partial charge in [0.25, 0.3) is 0 Å². The van der Waals surface area contributed by atoms with Crippen LogP contribution >= 0.6 is 11.6 Å². The van der Waals surface area contributed by atoms with Gasteiger partial charge in [0.05, 0.1) is 10.6 Å². The van der Waals surface area contributed by atoms with Crippen molar-refractivity contribution in [3.05, 3.63) is 57.1 Å². The minimum absolute atomic E-state index is 0.0937. The van der Waals surface area contributed by atoms with Crippen molar-refractivity contribution in [1.82, 2.24) is 0 Å². The molecule has 0 fully saturated rings. The lowest BCUT2D eigenvalue weighted by Gasteiger charge is -2.21. The molecular weight excluding hydrogens is 489 g/mol.